The van der Waals surface area contributed by atoms with Crippen LogP contribution in [-0.2, 0) is 28.6 Å². The lowest BCUT2D eigenvalue weighted by atomic mass is 9.86. The third-order valence-corrected chi connectivity index (χ3v) is 6.52. The minimum Gasteiger partial charge on any atom is -0.490 e. The fourth-order valence-corrected chi connectivity index (χ4v) is 4.18. The zero-order valence-corrected chi connectivity index (χ0v) is 27.6. The van der Waals surface area contributed by atoms with Crippen molar-refractivity contribution < 1.29 is 33.4 Å². The molecule has 0 bridgehead atoms. The second-order valence-electron chi connectivity index (χ2n) is 12.0. The van der Waals surface area contributed by atoms with Gasteiger partial charge in [-0.25, -0.2) is 9.59 Å². The van der Waals surface area contributed by atoms with Crippen LogP contribution in [0.3, 0.4) is 0 Å². The van der Waals surface area contributed by atoms with Crippen molar-refractivity contribution in [3.05, 3.63) is 72.2 Å². The lowest BCUT2D eigenvalue weighted by molar-refractivity contribution is -0.151. The number of esters is 1. The van der Waals surface area contributed by atoms with E-state index < -0.39 is 29.4 Å². The van der Waals surface area contributed by atoms with Crippen LogP contribution in [0.2, 0.25) is 0 Å². The van der Waals surface area contributed by atoms with Crippen molar-refractivity contribution in [2.24, 2.45) is 11.3 Å². The third-order valence-electron chi connectivity index (χ3n) is 6.52. The standard InChI is InChI=1S/C34H51N3O7/c1-10-11-16-26(43-33(41)36-23(2)3)17-14-21-35-31(39)30(34(6,7)8)37-29(38)18-13-12-15-24(4)22-25(5)27-19-20-28(42-9)32(40)44-27/h10-15,18,20-23,25-27,30H,16-17,19H2,1-9H3,(H,35,39)(H,36,41)(H,37,38)/b11-10-,15-12-,18-13-,21-14-,24-22+/t25-,26?,27-,30+/m0/s1. The molecule has 0 aromatic rings. The molecule has 0 spiro atoms. The van der Waals surface area contributed by atoms with Crippen LogP contribution in [0.4, 0.5) is 4.79 Å². The predicted molar refractivity (Wildman–Crippen MR) is 172 cm³/mol. The van der Waals surface area contributed by atoms with Gasteiger partial charge in [0, 0.05) is 37.3 Å². The maximum atomic E-state index is 13.0. The maximum Gasteiger partial charge on any atom is 0.407 e. The summed E-state index contributed by atoms with van der Waals surface area (Å²) >= 11 is 0. The van der Waals surface area contributed by atoms with E-state index >= 15 is 0 Å². The fourth-order valence-electron chi connectivity index (χ4n) is 4.18. The summed E-state index contributed by atoms with van der Waals surface area (Å²) in [6, 6.07) is -0.835. The van der Waals surface area contributed by atoms with Gasteiger partial charge < -0.3 is 30.2 Å². The number of hydrogen-bond acceptors (Lipinski definition) is 7. The highest BCUT2D eigenvalue weighted by atomic mass is 16.6. The second kappa shape index (κ2) is 19.2. The van der Waals surface area contributed by atoms with E-state index in [4.69, 9.17) is 14.2 Å². The van der Waals surface area contributed by atoms with E-state index in [1.54, 1.807) is 24.3 Å². The number of carbonyl (C=O) groups is 4. The summed E-state index contributed by atoms with van der Waals surface area (Å²) in [5.74, 6) is -1.02. The Morgan fingerprint density at radius 2 is 1.73 bits per heavy atom. The molecule has 1 rings (SSSR count). The summed E-state index contributed by atoms with van der Waals surface area (Å²) in [6.45, 7) is 15.1. The summed E-state index contributed by atoms with van der Waals surface area (Å²) < 4.78 is 15.9. The molecule has 1 unspecified atom stereocenters. The van der Waals surface area contributed by atoms with Crippen LogP contribution in [0, 0.1) is 11.3 Å². The first-order chi connectivity index (χ1) is 20.7. The smallest absolute Gasteiger partial charge is 0.407 e. The van der Waals surface area contributed by atoms with E-state index in [9.17, 15) is 19.2 Å². The van der Waals surface area contributed by atoms with Gasteiger partial charge in [0.1, 0.15) is 18.2 Å². The molecule has 1 aliphatic rings. The Kier molecular flexibility index (Phi) is 16.6. The molecule has 0 saturated carbocycles. The summed E-state index contributed by atoms with van der Waals surface area (Å²) in [5.41, 5.74) is 0.388. The molecule has 4 atom stereocenters. The average molecular weight is 614 g/mol. The van der Waals surface area contributed by atoms with Crippen LogP contribution in [-0.4, -0.2) is 55.3 Å². The van der Waals surface area contributed by atoms with Crippen LogP contribution in [0.15, 0.2) is 72.2 Å². The van der Waals surface area contributed by atoms with Gasteiger partial charge in [-0.2, -0.15) is 0 Å². The number of ether oxygens (including phenoxy) is 3. The van der Waals surface area contributed by atoms with Gasteiger partial charge in [-0.1, -0.05) is 75.8 Å². The lowest BCUT2D eigenvalue weighted by Gasteiger charge is -2.29. The highest BCUT2D eigenvalue weighted by Gasteiger charge is 2.32. The summed E-state index contributed by atoms with van der Waals surface area (Å²) in [6.07, 6.45) is 17.7. The molecular weight excluding hydrogens is 562 g/mol. The molecule has 244 valence electrons. The van der Waals surface area contributed by atoms with Crippen molar-refractivity contribution in [2.45, 2.75) is 98.9 Å². The van der Waals surface area contributed by atoms with E-state index in [-0.39, 0.29) is 35.8 Å². The lowest BCUT2D eigenvalue weighted by Crippen LogP contribution is -2.52. The van der Waals surface area contributed by atoms with Crippen molar-refractivity contribution in [1.29, 1.82) is 0 Å². The molecule has 0 fully saturated rings. The van der Waals surface area contributed by atoms with Gasteiger partial charge >= 0.3 is 12.1 Å². The van der Waals surface area contributed by atoms with Gasteiger partial charge in [-0.05, 0) is 45.4 Å². The number of cyclic esters (lactones) is 1. The number of alkyl carbamates (subject to hydrolysis) is 1. The third kappa shape index (κ3) is 14.9. The molecule has 1 aliphatic heterocycles. The Morgan fingerprint density at radius 1 is 1.07 bits per heavy atom. The number of carbonyl (C=O) groups excluding carboxylic acids is 4. The first kappa shape index (κ1) is 37.9. The predicted octanol–water partition coefficient (Wildman–Crippen LogP) is 5.55. The first-order valence-electron chi connectivity index (χ1n) is 15.0. The Hall–Kier alpha value is -4.08. The molecule has 0 aliphatic carbocycles. The maximum absolute atomic E-state index is 13.0. The monoisotopic (exact) mass is 613 g/mol. The molecule has 0 aromatic carbocycles. The minimum absolute atomic E-state index is 0.0124. The van der Waals surface area contributed by atoms with E-state index in [1.807, 2.05) is 79.7 Å². The molecule has 0 radical (unpaired) electrons. The van der Waals surface area contributed by atoms with E-state index in [1.165, 1.54) is 19.4 Å². The van der Waals surface area contributed by atoms with E-state index in [0.717, 1.165) is 5.57 Å². The SMILES string of the molecule is C/C=C\CC(C/C=C\NC(=O)[C@@H](NC(=O)\C=C/C=C\C(C)=C\[C@H](C)[C@@H]1CC=C(OC)C(=O)O1)C(C)(C)C)OC(=O)NC(C)C. The quantitative estimate of drug-likeness (QED) is 0.0955. The largest absolute Gasteiger partial charge is 0.490 e. The van der Waals surface area contributed by atoms with Gasteiger partial charge in [0.25, 0.3) is 0 Å². The topological polar surface area (TPSA) is 132 Å². The van der Waals surface area contributed by atoms with Crippen molar-refractivity contribution in [3.63, 3.8) is 0 Å². The molecule has 3 amide bonds. The van der Waals surface area contributed by atoms with Crippen molar-refractivity contribution in [3.8, 4) is 0 Å². The number of nitrogens with one attached hydrogen (secondary N) is 3. The van der Waals surface area contributed by atoms with Gasteiger partial charge in [0.2, 0.25) is 11.8 Å². The zero-order chi connectivity index (χ0) is 33.3. The highest BCUT2D eigenvalue weighted by molar-refractivity contribution is 5.93. The van der Waals surface area contributed by atoms with Crippen molar-refractivity contribution in [2.75, 3.05) is 7.11 Å². The Morgan fingerprint density at radius 3 is 2.32 bits per heavy atom. The Labute approximate surface area is 262 Å². The first-order valence-corrected chi connectivity index (χ1v) is 15.0. The van der Waals surface area contributed by atoms with Crippen molar-refractivity contribution in [1.82, 2.24) is 16.0 Å². The Balaban J connectivity index is 2.71. The van der Waals surface area contributed by atoms with Crippen LogP contribution in [0.5, 0.6) is 0 Å². The normalized spacial score (nSPS) is 18.3. The Bertz CT molecular complexity index is 1160. The number of hydrogen-bond donors (Lipinski definition) is 3. The average Bonchev–Trinajstić information content (AvgIpc) is 2.93. The second-order valence-corrected chi connectivity index (χ2v) is 12.0. The number of rotatable bonds is 15. The minimum atomic E-state index is -0.798. The molecule has 1 heterocycles. The van der Waals surface area contributed by atoms with Crippen LogP contribution < -0.4 is 16.0 Å². The number of methoxy groups -OCH3 is 1. The summed E-state index contributed by atoms with van der Waals surface area (Å²) in [7, 11) is 1.44. The van der Waals surface area contributed by atoms with Crippen LogP contribution in [0.1, 0.15) is 74.7 Å². The highest BCUT2D eigenvalue weighted by Crippen LogP contribution is 2.23. The van der Waals surface area contributed by atoms with Gasteiger partial charge in [-0.3, -0.25) is 9.59 Å². The van der Waals surface area contributed by atoms with Gasteiger partial charge in [0.15, 0.2) is 5.76 Å². The summed E-state index contributed by atoms with van der Waals surface area (Å²) in [4.78, 5) is 49.5. The van der Waals surface area contributed by atoms with Crippen LogP contribution >= 0.6 is 0 Å². The number of allylic oxidation sites excluding steroid dienone is 5. The van der Waals surface area contributed by atoms with Gasteiger partial charge in [-0.15, -0.1) is 0 Å². The molecule has 10 heteroatoms. The van der Waals surface area contributed by atoms with Crippen molar-refractivity contribution >= 4 is 23.9 Å². The molecule has 0 saturated heterocycles. The molecule has 0 aromatic heterocycles. The molecule has 3 N–H and O–H groups in total. The van der Waals surface area contributed by atoms with Gasteiger partial charge in [0.05, 0.1) is 7.11 Å². The molecular formula is C34H51N3O7. The fraction of sp³-hybridized carbons (Fsp3) is 0.529. The molecule has 44 heavy (non-hydrogen) atoms. The van der Waals surface area contributed by atoms with Crippen LogP contribution in [0.25, 0.3) is 0 Å². The van der Waals surface area contributed by atoms with E-state index in [0.29, 0.717) is 19.3 Å². The van der Waals surface area contributed by atoms with E-state index in [2.05, 4.69) is 16.0 Å². The zero-order valence-electron chi connectivity index (χ0n) is 27.6. The number of amides is 3. The summed E-state index contributed by atoms with van der Waals surface area (Å²) in [5, 5.41) is 8.22. The molecule has 10 nitrogen and oxygen atoms in total.